The Morgan fingerprint density at radius 3 is 2.79 bits per heavy atom. The molecule has 0 saturated heterocycles. The van der Waals surface area contributed by atoms with Crippen molar-refractivity contribution in [3.05, 3.63) is 35.4 Å². The van der Waals surface area contributed by atoms with Crippen LogP contribution in [0.25, 0.3) is 0 Å². The van der Waals surface area contributed by atoms with Gasteiger partial charge in [0.1, 0.15) is 5.78 Å². The Balaban J connectivity index is 2.68. The molecular weight excluding hydrogens is 191 g/mol. The first-order valence-corrected chi connectivity index (χ1v) is 5.60. The van der Waals surface area contributed by atoms with Gasteiger partial charge in [0.15, 0.2) is 0 Å². The predicted octanol–water partition coefficient (Wildman–Crippen LogP) is 3.14. The van der Waals surface area contributed by atoms with Gasteiger partial charge in [-0.3, -0.25) is 0 Å². The molecule has 0 amide bonds. The number of Topliss-reactive ketones (excluding diaryl/α,β-unsaturated/α-hetero) is 1. The zero-order chi connectivity index (χ0) is 10.6. The van der Waals surface area contributed by atoms with Gasteiger partial charge in [-0.05, 0) is 30.1 Å². The van der Waals surface area contributed by atoms with Crippen LogP contribution in [0, 0.1) is 0 Å². The number of rotatable bonds is 4. The van der Waals surface area contributed by atoms with Gasteiger partial charge in [-0.25, -0.2) is 0 Å². The number of hydrogen-bond donors (Lipinski definition) is 0. The predicted molar refractivity (Wildman–Crippen MR) is 63.6 cm³/mol. The van der Waals surface area contributed by atoms with Crippen LogP contribution in [0.1, 0.15) is 37.1 Å². The number of aryl methyl sites for hydroxylation is 1. The Hall–Kier alpha value is -0.680. The maximum Gasteiger partial charge on any atom is 0.130 e. The number of carbonyl (C=O) groups excluding carboxylic acids is 1. The fourth-order valence-corrected chi connectivity index (χ4v) is 1.56. The molecule has 0 spiro atoms. The van der Waals surface area contributed by atoms with Gasteiger partial charge in [0, 0.05) is 6.42 Å². The minimum Gasteiger partial charge on any atom is -0.300 e. The van der Waals surface area contributed by atoms with Gasteiger partial charge in [-0.1, -0.05) is 31.2 Å². The van der Waals surface area contributed by atoms with Crippen LogP contribution in [0.4, 0.5) is 0 Å². The highest BCUT2D eigenvalue weighted by Crippen LogP contribution is 2.22. The molecule has 0 radical (unpaired) electrons. The Kier molecular flexibility index (Phi) is 4.28. The minimum atomic E-state index is 0.259. The van der Waals surface area contributed by atoms with Crippen molar-refractivity contribution in [1.82, 2.24) is 0 Å². The second kappa shape index (κ2) is 5.26. The van der Waals surface area contributed by atoms with Crippen molar-refractivity contribution in [2.24, 2.45) is 0 Å². The first-order chi connectivity index (χ1) is 6.59. The third-order valence-corrected chi connectivity index (χ3v) is 2.63. The fraction of sp³-hybridized carbons (Fsp3) is 0.417. The van der Waals surface area contributed by atoms with Crippen LogP contribution in [0.5, 0.6) is 0 Å². The molecule has 76 valence electrons. The monoisotopic (exact) mass is 208 g/mol. The van der Waals surface area contributed by atoms with Gasteiger partial charge < -0.3 is 4.79 Å². The van der Waals surface area contributed by atoms with Crippen LogP contribution >= 0.6 is 9.24 Å². The van der Waals surface area contributed by atoms with Crippen molar-refractivity contribution in [1.29, 1.82) is 0 Å². The second-order valence-corrected chi connectivity index (χ2v) is 4.74. The van der Waals surface area contributed by atoms with Gasteiger partial charge in [0.25, 0.3) is 0 Å². The summed E-state index contributed by atoms with van der Waals surface area (Å²) in [7, 11) is 2.78. The van der Waals surface area contributed by atoms with E-state index in [0.717, 1.165) is 6.42 Å². The maximum absolute atomic E-state index is 10.8. The van der Waals surface area contributed by atoms with E-state index in [4.69, 9.17) is 0 Å². The SMILES string of the molecule is CC(=O)CCc1cccc(C(C)P)c1. The van der Waals surface area contributed by atoms with E-state index in [1.165, 1.54) is 11.1 Å². The molecule has 2 heteroatoms. The Morgan fingerprint density at radius 1 is 1.50 bits per heavy atom. The van der Waals surface area contributed by atoms with Gasteiger partial charge >= 0.3 is 0 Å². The Labute approximate surface area is 88.1 Å². The summed E-state index contributed by atoms with van der Waals surface area (Å²) >= 11 is 0. The van der Waals surface area contributed by atoms with Crippen molar-refractivity contribution >= 4 is 15.0 Å². The van der Waals surface area contributed by atoms with Crippen molar-refractivity contribution in [2.75, 3.05) is 0 Å². The third kappa shape index (κ3) is 3.59. The summed E-state index contributed by atoms with van der Waals surface area (Å²) in [6, 6.07) is 8.44. The smallest absolute Gasteiger partial charge is 0.130 e. The van der Waals surface area contributed by atoms with Gasteiger partial charge in [0.2, 0.25) is 0 Å². The van der Waals surface area contributed by atoms with E-state index in [-0.39, 0.29) is 5.78 Å². The van der Waals surface area contributed by atoms with Crippen LogP contribution in [0.2, 0.25) is 0 Å². The van der Waals surface area contributed by atoms with E-state index in [0.29, 0.717) is 12.1 Å². The molecule has 1 rings (SSSR count). The normalized spacial score (nSPS) is 12.5. The van der Waals surface area contributed by atoms with Crippen molar-refractivity contribution in [2.45, 2.75) is 32.3 Å². The van der Waals surface area contributed by atoms with Crippen LogP contribution in [-0.2, 0) is 11.2 Å². The average Bonchev–Trinajstić information content (AvgIpc) is 2.15. The van der Waals surface area contributed by atoms with E-state index in [2.05, 4.69) is 40.4 Å². The summed E-state index contributed by atoms with van der Waals surface area (Å²) in [5.74, 6) is 0.259. The van der Waals surface area contributed by atoms with Crippen molar-refractivity contribution in [3.63, 3.8) is 0 Å². The summed E-state index contributed by atoms with van der Waals surface area (Å²) in [6.45, 7) is 3.79. The van der Waals surface area contributed by atoms with E-state index in [9.17, 15) is 4.79 Å². The summed E-state index contributed by atoms with van der Waals surface area (Å²) in [6.07, 6.45) is 1.51. The van der Waals surface area contributed by atoms with Crippen molar-refractivity contribution in [3.8, 4) is 0 Å². The maximum atomic E-state index is 10.8. The van der Waals surface area contributed by atoms with Gasteiger partial charge in [-0.2, -0.15) is 0 Å². The van der Waals surface area contributed by atoms with E-state index >= 15 is 0 Å². The van der Waals surface area contributed by atoms with Crippen LogP contribution < -0.4 is 0 Å². The van der Waals surface area contributed by atoms with E-state index < -0.39 is 0 Å². The summed E-state index contributed by atoms with van der Waals surface area (Å²) in [5.41, 5.74) is 3.05. The molecule has 0 aliphatic heterocycles. The molecule has 0 aliphatic carbocycles. The van der Waals surface area contributed by atoms with Crippen LogP contribution in [0.15, 0.2) is 24.3 Å². The second-order valence-electron chi connectivity index (χ2n) is 3.74. The lowest BCUT2D eigenvalue weighted by Crippen LogP contribution is -1.95. The van der Waals surface area contributed by atoms with E-state index in [1.807, 2.05) is 0 Å². The largest absolute Gasteiger partial charge is 0.300 e. The molecule has 1 aromatic rings. The third-order valence-electron chi connectivity index (χ3n) is 2.24. The average molecular weight is 208 g/mol. The summed E-state index contributed by atoms with van der Waals surface area (Å²) < 4.78 is 0. The molecule has 2 atom stereocenters. The molecule has 2 unspecified atom stereocenters. The lowest BCUT2D eigenvalue weighted by Gasteiger charge is -2.07. The fourth-order valence-electron chi connectivity index (χ4n) is 1.35. The summed E-state index contributed by atoms with van der Waals surface area (Å²) in [5, 5.41) is 0. The molecule has 0 bridgehead atoms. The Morgan fingerprint density at radius 2 is 2.21 bits per heavy atom. The highest BCUT2D eigenvalue weighted by molar-refractivity contribution is 7.17. The molecule has 0 heterocycles. The standard InChI is InChI=1S/C12H17OP/c1-9(13)6-7-11-4-3-5-12(8-11)10(2)14/h3-5,8,10H,6-7,14H2,1-2H3. The molecule has 0 saturated carbocycles. The quantitative estimate of drug-likeness (QED) is 0.695. The van der Waals surface area contributed by atoms with Gasteiger partial charge in [-0.15, -0.1) is 9.24 Å². The van der Waals surface area contributed by atoms with Gasteiger partial charge in [0.05, 0.1) is 0 Å². The number of carbonyl (C=O) groups is 1. The molecular formula is C12H17OP. The molecule has 14 heavy (non-hydrogen) atoms. The van der Waals surface area contributed by atoms with Crippen molar-refractivity contribution < 1.29 is 4.79 Å². The van der Waals surface area contributed by atoms with E-state index in [1.54, 1.807) is 6.92 Å². The zero-order valence-electron chi connectivity index (χ0n) is 8.79. The number of benzene rings is 1. The highest BCUT2D eigenvalue weighted by Gasteiger charge is 2.01. The first-order valence-electron chi connectivity index (χ1n) is 4.93. The molecule has 0 fully saturated rings. The number of ketones is 1. The topological polar surface area (TPSA) is 17.1 Å². The van der Waals surface area contributed by atoms with Crippen LogP contribution in [-0.4, -0.2) is 5.78 Å². The lowest BCUT2D eigenvalue weighted by molar-refractivity contribution is -0.116. The van der Waals surface area contributed by atoms with Crippen LogP contribution in [0.3, 0.4) is 0 Å². The molecule has 0 N–H and O–H groups in total. The molecule has 1 nitrogen and oxygen atoms in total. The molecule has 0 aromatic heterocycles. The molecule has 1 aromatic carbocycles. The highest BCUT2D eigenvalue weighted by atomic mass is 31.0. The summed E-state index contributed by atoms with van der Waals surface area (Å²) in [4.78, 5) is 10.8. The zero-order valence-corrected chi connectivity index (χ0v) is 9.94. The number of hydrogen-bond acceptors (Lipinski definition) is 1. The molecule has 0 aliphatic rings. The minimum absolute atomic E-state index is 0.259. The lowest BCUT2D eigenvalue weighted by atomic mass is 10.0. The Bertz CT molecular complexity index is 318. The first kappa shape index (κ1) is 11.4.